The number of rotatable bonds is 7. The van der Waals surface area contributed by atoms with E-state index in [4.69, 9.17) is 5.26 Å². The van der Waals surface area contributed by atoms with Gasteiger partial charge in [-0.3, -0.25) is 9.69 Å². The van der Waals surface area contributed by atoms with Gasteiger partial charge in [0.25, 0.3) is 0 Å². The van der Waals surface area contributed by atoms with Gasteiger partial charge in [0.15, 0.2) is 5.78 Å². The summed E-state index contributed by atoms with van der Waals surface area (Å²) in [4.78, 5) is 13.3. The zero-order valence-electron chi connectivity index (χ0n) is 12.0. The molecule has 0 N–H and O–H groups in total. The Balaban J connectivity index is 2.53. The van der Waals surface area contributed by atoms with Crippen molar-refractivity contribution in [3.05, 3.63) is 35.4 Å². The van der Waals surface area contributed by atoms with Crippen molar-refractivity contribution >= 4 is 5.78 Å². The van der Waals surface area contributed by atoms with Crippen LogP contribution in [0.5, 0.6) is 0 Å². The maximum absolute atomic E-state index is 11.4. The van der Waals surface area contributed by atoms with E-state index in [-0.39, 0.29) is 12.2 Å². The number of nitrogens with zero attached hydrogens (tertiary/aromatic N) is 2. The number of likely N-dealkylation sites (N-methyl/N-ethyl adjacent to an activating group) is 1. The molecule has 0 aromatic heterocycles. The second-order valence-electron chi connectivity index (χ2n) is 5.10. The quantitative estimate of drug-likeness (QED) is 0.754. The standard InChI is InChI=1S/C16H22N2O/c1-4-13(2)15-7-5-14(6-8-15)11-18(3)12-16(19)9-10-17/h5-8,13H,4,9,11-12H2,1-3H3. The normalized spacial score (nSPS) is 12.2. The minimum absolute atomic E-state index is 0.00269. The van der Waals surface area contributed by atoms with Crippen LogP contribution in [0.25, 0.3) is 0 Å². The predicted octanol–water partition coefficient (Wildman–Crippen LogP) is 3.11. The summed E-state index contributed by atoms with van der Waals surface area (Å²) in [5.74, 6) is 0.560. The molecule has 0 saturated carbocycles. The van der Waals surface area contributed by atoms with Gasteiger partial charge in [-0.05, 0) is 30.5 Å². The number of hydrogen-bond acceptors (Lipinski definition) is 3. The first kappa shape index (κ1) is 15.4. The highest BCUT2D eigenvalue weighted by Gasteiger charge is 2.07. The van der Waals surface area contributed by atoms with Crippen molar-refractivity contribution in [1.82, 2.24) is 4.90 Å². The highest BCUT2D eigenvalue weighted by Crippen LogP contribution is 2.19. The molecule has 0 fully saturated rings. The number of Topliss-reactive ketones (excluding diaryl/α,β-unsaturated/α-hetero) is 1. The van der Waals surface area contributed by atoms with Crippen molar-refractivity contribution in [2.75, 3.05) is 13.6 Å². The second-order valence-corrected chi connectivity index (χ2v) is 5.10. The summed E-state index contributed by atoms with van der Waals surface area (Å²) >= 11 is 0. The molecule has 3 heteroatoms. The molecular formula is C16H22N2O. The van der Waals surface area contributed by atoms with E-state index in [0.717, 1.165) is 13.0 Å². The first-order valence-electron chi connectivity index (χ1n) is 6.72. The van der Waals surface area contributed by atoms with Gasteiger partial charge in [-0.15, -0.1) is 0 Å². The van der Waals surface area contributed by atoms with E-state index in [2.05, 4.69) is 38.1 Å². The molecule has 0 spiro atoms. The molecule has 1 rings (SSSR count). The molecule has 0 heterocycles. The Morgan fingerprint density at radius 2 is 2.00 bits per heavy atom. The van der Waals surface area contributed by atoms with Crippen LogP contribution >= 0.6 is 0 Å². The molecule has 1 unspecified atom stereocenters. The van der Waals surface area contributed by atoms with Gasteiger partial charge in [-0.25, -0.2) is 0 Å². The Labute approximate surface area is 115 Å². The third-order valence-electron chi connectivity index (χ3n) is 3.34. The van der Waals surface area contributed by atoms with Gasteiger partial charge in [0, 0.05) is 6.54 Å². The molecular weight excluding hydrogens is 236 g/mol. The maximum Gasteiger partial charge on any atom is 0.160 e. The summed E-state index contributed by atoms with van der Waals surface area (Å²) < 4.78 is 0. The van der Waals surface area contributed by atoms with Gasteiger partial charge in [0.05, 0.1) is 19.0 Å². The summed E-state index contributed by atoms with van der Waals surface area (Å²) in [6, 6.07) is 10.4. The van der Waals surface area contributed by atoms with Gasteiger partial charge in [0.1, 0.15) is 0 Å². The zero-order chi connectivity index (χ0) is 14.3. The van der Waals surface area contributed by atoms with Crippen LogP contribution in [0.15, 0.2) is 24.3 Å². The molecule has 0 amide bonds. The van der Waals surface area contributed by atoms with E-state index in [1.54, 1.807) is 0 Å². The molecule has 0 aliphatic heterocycles. The monoisotopic (exact) mass is 258 g/mol. The van der Waals surface area contributed by atoms with Crippen LogP contribution in [-0.4, -0.2) is 24.3 Å². The number of nitriles is 1. The van der Waals surface area contributed by atoms with E-state index in [1.807, 2.05) is 18.0 Å². The minimum Gasteiger partial charge on any atom is -0.297 e. The molecule has 1 atom stereocenters. The molecule has 1 aromatic rings. The minimum atomic E-state index is -0.0266. The van der Waals surface area contributed by atoms with Crippen LogP contribution in [0.4, 0.5) is 0 Å². The summed E-state index contributed by atoms with van der Waals surface area (Å²) in [6.45, 7) is 5.48. The fraction of sp³-hybridized carbons (Fsp3) is 0.500. The van der Waals surface area contributed by atoms with E-state index in [9.17, 15) is 4.79 Å². The first-order valence-corrected chi connectivity index (χ1v) is 6.72. The number of carbonyl (C=O) groups is 1. The maximum atomic E-state index is 11.4. The van der Waals surface area contributed by atoms with Gasteiger partial charge in [-0.2, -0.15) is 5.26 Å². The summed E-state index contributed by atoms with van der Waals surface area (Å²) in [7, 11) is 1.90. The largest absolute Gasteiger partial charge is 0.297 e. The summed E-state index contributed by atoms with van der Waals surface area (Å²) in [5, 5.41) is 8.46. The topological polar surface area (TPSA) is 44.1 Å². The highest BCUT2D eigenvalue weighted by molar-refractivity contribution is 5.82. The van der Waals surface area contributed by atoms with Crippen LogP contribution < -0.4 is 0 Å². The third kappa shape index (κ3) is 5.23. The molecule has 0 saturated heterocycles. The molecule has 0 radical (unpaired) electrons. The van der Waals surface area contributed by atoms with Crippen molar-refractivity contribution in [2.45, 2.75) is 39.2 Å². The van der Waals surface area contributed by atoms with E-state index in [1.165, 1.54) is 11.1 Å². The summed E-state index contributed by atoms with van der Waals surface area (Å²) in [6.07, 6.45) is 1.14. The van der Waals surface area contributed by atoms with E-state index >= 15 is 0 Å². The van der Waals surface area contributed by atoms with Gasteiger partial charge >= 0.3 is 0 Å². The molecule has 0 aliphatic rings. The Morgan fingerprint density at radius 1 is 1.37 bits per heavy atom. The van der Waals surface area contributed by atoms with Gasteiger partial charge in [-0.1, -0.05) is 38.1 Å². The Kier molecular flexibility index (Phi) is 6.24. The smallest absolute Gasteiger partial charge is 0.160 e. The van der Waals surface area contributed by atoms with Crippen LogP contribution in [0.1, 0.15) is 43.7 Å². The van der Waals surface area contributed by atoms with E-state index < -0.39 is 0 Å². The summed E-state index contributed by atoms with van der Waals surface area (Å²) in [5.41, 5.74) is 2.55. The van der Waals surface area contributed by atoms with Crippen LogP contribution in [0.2, 0.25) is 0 Å². The molecule has 1 aromatic carbocycles. The van der Waals surface area contributed by atoms with Crippen LogP contribution in [-0.2, 0) is 11.3 Å². The third-order valence-corrected chi connectivity index (χ3v) is 3.34. The van der Waals surface area contributed by atoms with Crippen LogP contribution in [0.3, 0.4) is 0 Å². The Bertz CT molecular complexity index is 445. The van der Waals surface area contributed by atoms with Gasteiger partial charge in [0.2, 0.25) is 0 Å². The number of carbonyl (C=O) groups excluding carboxylic acids is 1. The first-order chi connectivity index (χ1) is 9.06. The lowest BCUT2D eigenvalue weighted by Gasteiger charge is -2.16. The van der Waals surface area contributed by atoms with Crippen molar-refractivity contribution in [2.24, 2.45) is 0 Å². The SMILES string of the molecule is CCC(C)c1ccc(CN(C)CC(=O)CC#N)cc1. The van der Waals surface area contributed by atoms with Crippen molar-refractivity contribution in [3.63, 3.8) is 0 Å². The Hall–Kier alpha value is -1.66. The van der Waals surface area contributed by atoms with Crippen molar-refractivity contribution in [3.8, 4) is 6.07 Å². The average Bonchev–Trinajstić information content (AvgIpc) is 2.38. The Morgan fingerprint density at radius 3 is 2.53 bits per heavy atom. The van der Waals surface area contributed by atoms with E-state index in [0.29, 0.717) is 12.5 Å². The molecule has 0 bridgehead atoms. The molecule has 0 aliphatic carbocycles. The molecule has 102 valence electrons. The fourth-order valence-corrected chi connectivity index (χ4v) is 2.00. The lowest BCUT2D eigenvalue weighted by Crippen LogP contribution is -2.25. The molecule has 19 heavy (non-hydrogen) atoms. The van der Waals surface area contributed by atoms with Crippen LogP contribution in [0, 0.1) is 11.3 Å². The second kappa shape index (κ2) is 7.70. The lowest BCUT2D eigenvalue weighted by atomic mass is 9.97. The number of ketones is 1. The van der Waals surface area contributed by atoms with Crippen molar-refractivity contribution < 1.29 is 4.79 Å². The predicted molar refractivity (Wildman–Crippen MR) is 76.7 cm³/mol. The lowest BCUT2D eigenvalue weighted by molar-refractivity contribution is -0.119. The average molecular weight is 258 g/mol. The number of benzene rings is 1. The zero-order valence-corrected chi connectivity index (χ0v) is 12.0. The molecule has 3 nitrogen and oxygen atoms in total. The van der Waals surface area contributed by atoms with Crippen molar-refractivity contribution in [1.29, 1.82) is 5.26 Å². The highest BCUT2D eigenvalue weighted by atomic mass is 16.1. The van der Waals surface area contributed by atoms with Gasteiger partial charge < -0.3 is 0 Å². The fourth-order valence-electron chi connectivity index (χ4n) is 2.00. The number of hydrogen-bond donors (Lipinski definition) is 0.